The van der Waals surface area contributed by atoms with Gasteiger partial charge in [0.05, 0.1) is 5.69 Å². The minimum Gasteiger partial charge on any atom is -0.270 e. The number of allylic oxidation sites excluding steroid dienone is 4. The molecule has 0 bridgehead atoms. The molecule has 19 heavy (non-hydrogen) atoms. The average Bonchev–Trinajstić information content (AvgIpc) is 3.10. The Morgan fingerprint density at radius 3 is 3.11 bits per heavy atom. The molecule has 0 saturated carbocycles. The lowest BCUT2D eigenvalue weighted by Gasteiger charge is -2.09. The van der Waals surface area contributed by atoms with E-state index in [1.54, 1.807) is 12.4 Å². The molecule has 0 saturated heterocycles. The zero-order valence-electron chi connectivity index (χ0n) is 10.5. The van der Waals surface area contributed by atoms with Crippen LogP contribution in [0.3, 0.4) is 0 Å². The number of imidazole rings is 1. The van der Waals surface area contributed by atoms with Gasteiger partial charge >= 0.3 is 0 Å². The molecule has 1 unspecified atom stereocenters. The number of rotatable bonds is 2. The molecule has 1 aliphatic rings. The van der Waals surface area contributed by atoms with Gasteiger partial charge in [0.25, 0.3) is 5.91 Å². The van der Waals surface area contributed by atoms with Gasteiger partial charge < -0.3 is 0 Å². The fraction of sp³-hybridized carbons (Fsp3) is 0.214. The molecule has 5 heteroatoms. The first-order valence-electron chi connectivity index (χ1n) is 6.11. The normalized spacial score (nSPS) is 18.4. The highest BCUT2D eigenvalue weighted by atomic mass is 32.1. The summed E-state index contributed by atoms with van der Waals surface area (Å²) in [6.07, 6.45) is 12.1. The van der Waals surface area contributed by atoms with Crippen LogP contribution in [0, 0.1) is 5.92 Å². The molecule has 0 amide bonds. The summed E-state index contributed by atoms with van der Waals surface area (Å²) in [6, 6.07) is 0. The van der Waals surface area contributed by atoms with Crippen LogP contribution in [0.5, 0.6) is 0 Å². The van der Waals surface area contributed by atoms with Crippen molar-refractivity contribution in [1.29, 1.82) is 0 Å². The van der Waals surface area contributed by atoms with Gasteiger partial charge in [0, 0.05) is 17.8 Å². The number of carbonyl (C=O) groups excluding carboxylic acids is 1. The monoisotopic (exact) mass is 271 g/mol. The second kappa shape index (κ2) is 4.93. The molecule has 0 radical (unpaired) electrons. The van der Waals surface area contributed by atoms with Crippen LogP contribution in [0.1, 0.15) is 28.8 Å². The number of carbonyl (C=O) groups is 1. The zero-order chi connectivity index (χ0) is 13.2. The molecule has 0 fully saturated rings. The second-order valence-electron chi connectivity index (χ2n) is 4.54. The standard InChI is InChI=1S/C14H13N3OS/c1-10-2-4-11(5-3-10)12-8-19-13(16-12)14(18)17-7-6-15-9-17/h2,4-10H,3H2,1H3. The maximum Gasteiger partial charge on any atom is 0.292 e. The van der Waals surface area contributed by atoms with Crippen LogP contribution in [0.25, 0.3) is 5.57 Å². The molecule has 96 valence electrons. The summed E-state index contributed by atoms with van der Waals surface area (Å²) in [4.78, 5) is 20.4. The van der Waals surface area contributed by atoms with Crippen molar-refractivity contribution < 1.29 is 4.79 Å². The summed E-state index contributed by atoms with van der Waals surface area (Å²) >= 11 is 1.37. The molecule has 0 aliphatic heterocycles. The molecule has 0 N–H and O–H groups in total. The van der Waals surface area contributed by atoms with Gasteiger partial charge in [-0.05, 0) is 17.9 Å². The van der Waals surface area contributed by atoms with E-state index in [0.717, 1.165) is 17.7 Å². The number of hydrogen-bond donors (Lipinski definition) is 0. The van der Waals surface area contributed by atoms with E-state index in [2.05, 4.69) is 35.1 Å². The molecular formula is C14H13N3OS. The van der Waals surface area contributed by atoms with Crippen molar-refractivity contribution in [3.05, 3.63) is 53.0 Å². The Balaban J connectivity index is 1.84. The Bertz CT molecular complexity index is 652. The fourth-order valence-electron chi connectivity index (χ4n) is 1.91. The van der Waals surface area contributed by atoms with Gasteiger partial charge in [-0.2, -0.15) is 0 Å². The zero-order valence-corrected chi connectivity index (χ0v) is 11.3. The summed E-state index contributed by atoms with van der Waals surface area (Å²) in [7, 11) is 0. The first-order valence-corrected chi connectivity index (χ1v) is 6.99. The highest BCUT2D eigenvalue weighted by molar-refractivity contribution is 7.11. The predicted octanol–water partition coefficient (Wildman–Crippen LogP) is 3.01. The molecule has 1 aliphatic carbocycles. The summed E-state index contributed by atoms with van der Waals surface area (Å²) < 4.78 is 1.44. The Hall–Kier alpha value is -2.01. The van der Waals surface area contributed by atoms with Gasteiger partial charge in [0.1, 0.15) is 6.33 Å². The molecule has 0 aromatic carbocycles. The van der Waals surface area contributed by atoms with Gasteiger partial charge in [0.2, 0.25) is 0 Å². The van der Waals surface area contributed by atoms with Gasteiger partial charge in [-0.15, -0.1) is 11.3 Å². The van der Waals surface area contributed by atoms with Crippen molar-refractivity contribution >= 4 is 22.8 Å². The van der Waals surface area contributed by atoms with Crippen LogP contribution >= 0.6 is 11.3 Å². The van der Waals surface area contributed by atoms with Crippen molar-refractivity contribution in [2.75, 3.05) is 0 Å². The van der Waals surface area contributed by atoms with Crippen molar-refractivity contribution in [1.82, 2.24) is 14.5 Å². The lowest BCUT2D eigenvalue weighted by molar-refractivity contribution is 0.0959. The van der Waals surface area contributed by atoms with E-state index in [9.17, 15) is 4.79 Å². The quantitative estimate of drug-likeness (QED) is 0.843. The van der Waals surface area contributed by atoms with Crippen LogP contribution in [-0.2, 0) is 0 Å². The van der Waals surface area contributed by atoms with Crippen LogP contribution < -0.4 is 0 Å². The number of hydrogen-bond acceptors (Lipinski definition) is 4. The van der Waals surface area contributed by atoms with Crippen molar-refractivity contribution in [3.8, 4) is 0 Å². The van der Waals surface area contributed by atoms with Gasteiger partial charge in [0.15, 0.2) is 5.01 Å². The van der Waals surface area contributed by atoms with E-state index in [1.807, 2.05) is 5.38 Å². The topological polar surface area (TPSA) is 47.8 Å². The lowest BCUT2D eigenvalue weighted by atomic mass is 9.97. The summed E-state index contributed by atoms with van der Waals surface area (Å²) in [5.41, 5.74) is 1.97. The van der Waals surface area contributed by atoms with Crippen LogP contribution in [0.4, 0.5) is 0 Å². The van der Waals surface area contributed by atoms with E-state index in [-0.39, 0.29) is 5.91 Å². The lowest BCUT2D eigenvalue weighted by Crippen LogP contribution is -2.09. The first-order chi connectivity index (χ1) is 9.24. The third-order valence-electron chi connectivity index (χ3n) is 3.04. The van der Waals surface area contributed by atoms with Gasteiger partial charge in [-0.25, -0.2) is 9.97 Å². The molecule has 3 rings (SSSR count). The maximum atomic E-state index is 12.1. The van der Waals surface area contributed by atoms with Crippen molar-refractivity contribution in [2.45, 2.75) is 13.3 Å². The smallest absolute Gasteiger partial charge is 0.270 e. The summed E-state index contributed by atoms with van der Waals surface area (Å²) in [6.45, 7) is 2.18. The van der Waals surface area contributed by atoms with Crippen LogP contribution in [0.15, 0.2) is 42.3 Å². The molecule has 0 spiro atoms. The Kier molecular flexibility index (Phi) is 3.13. The highest BCUT2D eigenvalue weighted by Gasteiger charge is 2.15. The van der Waals surface area contributed by atoms with Crippen LogP contribution in [0.2, 0.25) is 0 Å². The second-order valence-corrected chi connectivity index (χ2v) is 5.40. The van der Waals surface area contributed by atoms with E-state index in [0.29, 0.717) is 10.9 Å². The Morgan fingerprint density at radius 2 is 2.42 bits per heavy atom. The molecule has 2 aromatic heterocycles. The van der Waals surface area contributed by atoms with E-state index >= 15 is 0 Å². The van der Waals surface area contributed by atoms with E-state index < -0.39 is 0 Å². The van der Waals surface area contributed by atoms with Crippen molar-refractivity contribution in [3.63, 3.8) is 0 Å². The summed E-state index contributed by atoms with van der Waals surface area (Å²) in [5, 5.41) is 2.41. The minimum atomic E-state index is -0.137. The van der Waals surface area contributed by atoms with Gasteiger partial charge in [-0.3, -0.25) is 9.36 Å². The van der Waals surface area contributed by atoms with Crippen LogP contribution in [-0.4, -0.2) is 20.4 Å². The number of thiazole rings is 1. The molecule has 2 heterocycles. The van der Waals surface area contributed by atoms with E-state index in [1.165, 1.54) is 22.2 Å². The average molecular weight is 271 g/mol. The predicted molar refractivity (Wildman–Crippen MR) is 75.0 cm³/mol. The first kappa shape index (κ1) is 12.0. The number of nitrogens with zero attached hydrogens (tertiary/aromatic N) is 3. The maximum absolute atomic E-state index is 12.1. The van der Waals surface area contributed by atoms with Crippen molar-refractivity contribution in [2.24, 2.45) is 5.92 Å². The SMILES string of the molecule is CC1C=CC(c2csc(C(=O)n3ccnc3)n2)=CC1. The summed E-state index contributed by atoms with van der Waals surface area (Å²) in [5.74, 6) is 0.442. The third kappa shape index (κ3) is 2.42. The molecule has 4 nitrogen and oxygen atoms in total. The molecule has 2 aromatic rings. The Labute approximate surface area is 115 Å². The third-order valence-corrected chi connectivity index (χ3v) is 3.87. The molecular weight excluding hydrogens is 258 g/mol. The van der Waals surface area contributed by atoms with Gasteiger partial charge in [-0.1, -0.05) is 25.2 Å². The minimum absolute atomic E-state index is 0.137. The number of aromatic nitrogens is 3. The highest BCUT2D eigenvalue weighted by Crippen LogP contribution is 2.25. The van der Waals surface area contributed by atoms with E-state index in [4.69, 9.17) is 0 Å². The molecule has 1 atom stereocenters. The fourth-order valence-corrected chi connectivity index (χ4v) is 2.68. The Morgan fingerprint density at radius 1 is 1.53 bits per heavy atom. The largest absolute Gasteiger partial charge is 0.292 e.